The van der Waals surface area contributed by atoms with Gasteiger partial charge in [-0.25, -0.2) is 0 Å². The zero-order chi connectivity index (χ0) is 14.7. The van der Waals surface area contributed by atoms with Gasteiger partial charge in [0.25, 0.3) is 5.91 Å². The summed E-state index contributed by atoms with van der Waals surface area (Å²) in [6.45, 7) is 0.470. The highest BCUT2D eigenvalue weighted by atomic mass is 16.2. The third-order valence-corrected chi connectivity index (χ3v) is 3.49. The number of H-pyrrole nitrogens is 1. The Balaban J connectivity index is 1.46. The zero-order valence-corrected chi connectivity index (χ0v) is 11.7. The van der Waals surface area contributed by atoms with Crippen molar-refractivity contribution >= 4 is 22.7 Å². The molecule has 1 aromatic heterocycles. The number of aromatic amines is 1. The Kier molecular flexibility index (Phi) is 3.85. The maximum atomic E-state index is 12.1. The molecule has 1 aromatic carbocycles. The number of rotatable bonds is 6. The lowest BCUT2D eigenvalue weighted by Gasteiger charge is -2.04. The summed E-state index contributed by atoms with van der Waals surface area (Å²) in [5.41, 5.74) is 1.24. The summed E-state index contributed by atoms with van der Waals surface area (Å²) >= 11 is 0. The predicted molar refractivity (Wildman–Crippen MR) is 78.8 cm³/mol. The molecule has 0 atom stereocenters. The second-order valence-electron chi connectivity index (χ2n) is 5.32. The van der Waals surface area contributed by atoms with Crippen LogP contribution in [-0.4, -0.2) is 34.6 Å². The Morgan fingerprint density at radius 2 is 2.10 bits per heavy atom. The van der Waals surface area contributed by atoms with Crippen LogP contribution in [-0.2, 0) is 4.79 Å². The van der Waals surface area contributed by atoms with E-state index in [1.807, 2.05) is 24.3 Å². The molecule has 0 radical (unpaired) electrons. The van der Waals surface area contributed by atoms with E-state index in [4.69, 9.17) is 0 Å². The molecule has 2 amide bonds. The quantitative estimate of drug-likeness (QED) is 0.701. The summed E-state index contributed by atoms with van der Waals surface area (Å²) in [6, 6.07) is 7.89. The lowest BCUT2D eigenvalue weighted by molar-refractivity contribution is -0.121. The molecule has 1 aliphatic carbocycles. The van der Waals surface area contributed by atoms with Crippen LogP contribution >= 0.6 is 0 Å². The third kappa shape index (κ3) is 3.39. The maximum absolute atomic E-state index is 12.1. The molecule has 0 unspecified atom stereocenters. The van der Waals surface area contributed by atoms with Gasteiger partial charge in [-0.05, 0) is 25.3 Å². The predicted octanol–water partition coefficient (Wildman–Crippen LogP) is 1.35. The average molecular weight is 286 g/mol. The third-order valence-electron chi connectivity index (χ3n) is 3.49. The highest BCUT2D eigenvalue weighted by Crippen LogP contribution is 2.18. The van der Waals surface area contributed by atoms with Crippen molar-refractivity contribution in [3.05, 3.63) is 30.0 Å². The molecular formula is C15H18N4O2. The fourth-order valence-corrected chi connectivity index (χ4v) is 2.20. The second-order valence-corrected chi connectivity index (χ2v) is 5.32. The molecule has 6 nitrogen and oxygen atoms in total. The van der Waals surface area contributed by atoms with Gasteiger partial charge >= 0.3 is 0 Å². The summed E-state index contributed by atoms with van der Waals surface area (Å²) in [4.78, 5) is 23.6. The average Bonchev–Trinajstić information content (AvgIpc) is 3.18. The molecule has 110 valence electrons. The van der Waals surface area contributed by atoms with Gasteiger partial charge in [0.1, 0.15) is 0 Å². The normalized spacial score (nSPS) is 14.1. The molecule has 21 heavy (non-hydrogen) atoms. The minimum atomic E-state index is -0.213. The smallest absolute Gasteiger partial charge is 0.272 e. The highest BCUT2D eigenvalue weighted by molar-refractivity contribution is 6.04. The van der Waals surface area contributed by atoms with Crippen LogP contribution in [0.3, 0.4) is 0 Å². The summed E-state index contributed by atoms with van der Waals surface area (Å²) < 4.78 is 0. The van der Waals surface area contributed by atoms with E-state index in [1.54, 1.807) is 0 Å². The van der Waals surface area contributed by atoms with Crippen LogP contribution < -0.4 is 10.6 Å². The number of hydrogen-bond acceptors (Lipinski definition) is 3. The molecule has 3 rings (SSSR count). The van der Waals surface area contributed by atoms with Crippen LogP contribution in [0.25, 0.3) is 10.9 Å². The molecule has 6 heteroatoms. The maximum Gasteiger partial charge on any atom is 0.272 e. The number of para-hydroxylation sites is 1. The molecule has 1 fully saturated rings. The number of fused-ring (bicyclic) bond motifs is 1. The highest BCUT2D eigenvalue weighted by Gasteiger charge is 2.22. The van der Waals surface area contributed by atoms with E-state index in [9.17, 15) is 9.59 Å². The first-order valence-corrected chi connectivity index (χ1v) is 7.25. The first kappa shape index (κ1) is 13.6. The number of carbonyl (C=O) groups is 2. The summed E-state index contributed by atoms with van der Waals surface area (Å²) in [5, 5.41) is 13.4. The van der Waals surface area contributed by atoms with Crippen molar-refractivity contribution in [1.82, 2.24) is 20.8 Å². The molecule has 3 N–H and O–H groups in total. The van der Waals surface area contributed by atoms with Gasteiger partial charge in [-0.2, -0.15) is 5.10 Å². The van der Waals surface area contributed by atoms with Crippen molar-refractivity contribution in [2.24, 2.45) is 0 Å². The molecule has 1 saturated carbocycles. The largest absolute Gasteiger partial charge is 0.353 e. The molecule has 2 aromatic rings. The molecule has 0 spiro atoms. The van der Waals surface area contributed by atoms with Gasteiger partial charge in [0.05, 0.1) is 5.52 Å². The van der Waals surface area contributed by atoms with Gasteiger partial charge in [0, 0.05) is 24.4 Å². The molecule has 0 saturated heterocycles. The lowest BCUT2D eigenvalue weighted by atomic mass is 10.2. The number of nitrogens with zero attached hydrogens (tertiary/aromatic N) is 1. The fraction of sp³-hybridized carbons (Fsp3) is 0.400. The van der Waals surface area contributed by atoms with Crippen LogP contribution in [0.2, 0.25) is 0 Å². The van der Waals surface area contributed by atoms with Crippen LogP contribution in [0.15, 0.2) is 24.3 Å². The molecule has 1 aliphatic rings. The van der Waals surface area contributed by atoms with E-state index in [1.165, 1.54) is 0 Å². The summed E-state index contributed by atoms with van der Waals surface area (Å²) in [6.07, 6.45) is 3.26. The van der Waals surface area contributed by atoms with Gasteiger partial charge < -0.3 is 10.6 Å². The number of nitrogens with one attached hydrogen (secondary N) is 3. The Labute approximate surface area is 122 Å². The molecule has 0 aliphatic heterocycles. The second kappa shape index (κ2) is 5.95. The van der Waals surface area contributed by atoms with Crippen molar-refractivity contribution in [2.45, 2.75) is 31.7 Å². The topological polar surface area (TPSA) is 86.9 Å². The van der Waals surface area contributed by atoms with Crippen molar-refractivity contribution in [2.75, 3.05) is 6.54 Å². The van der Waals surface area contributed by atoms with E-state index in [-0.39, 0.29) is 11.8 Å². The zero-order valence-electron chi connectivity index (χ0n) is 11.7. The van der Waals surface area contributed by atoms with Crippen molar-refractivity contribution in [3.63, 3.8) is 0 Å². The van der Waals surface area contributed by atoms with Gasteiger partial charge in [-0.3, -0.25) is 14.7 Å². The fourth-order valence-electron chi connectivity index (χ4n) is 2.20. The van der Waals surface area contributed by atoms with Crippen LogP contribution in [0.1, 0.15) is 36.2 Å². The van der Waals surface area contributed by atoms with E-state index < -0.39 is 0 Å². The van der Waals surface area contributed by atoms with Crippen LogP contribution in [0.4, 0.5) is 0 Å². The minimum Gasteiger partial charge on any atom is -0.353 e. The summed E-state index contributed by atoms with van der Waals surface area (Å²) in [5.74, 6) is -0.146. The Morgan fingerprint density at radius 1 is 1.29 bits per heavy atom. The minimum absolute atomic E-state index is 0.0666. The van der Waals surface area contributed by atoms with Gasteiger partial charge in [0.2, 0.25) is 5.91 Å². The van der Waals surface area contributed by atoms with E-state index in [0.29, 0.717) is 31.1 Å². The van der Waals surface area contributed by atoms with Crippen molar-refractivity contribution in [3.8, 4) is 0 Å². The molecule has 1 heterocycles. The first-order chi connectivity index (χ1) is 10.2. The Morgan fingerprint density at radius 3 is 2.90 bits per heavy atom. The number of carbonyl (C=O) groups excluding carboxylic acids is 2. The van der Waals surface area contributed by atoms with Gasteiger partial charge in [0.15, 0.2) is 5.69 Å². The molecular weight excluding hydrogens is 268 g/mol. The van der Waals surface area contributed by atoms with Gasteiger partial charge in [-0.1, -0.05) is 18.2 Å². The lowest BCUT2D eigenvalue weighted by Crippen LogP contribution is -2.28. The van der Waals surface area contributed by atoms with Crippen LogP contribution in [0.5, 0.6) is 0 Å². The monoisotopic (exact) mass is 286 g/mol. The first-order valence-electron chi connectivity index (χ1n) is 7.25. The molecule has 0 bridgehead atoms. The SMILES string of the molecule is O=C(CCCNC(=O)c1n[nH]c2ccccc12)NC1CC1. The van der Waals surface area contributed by atoms with Crippen molar-refractivity contribution < 1.29 is 9.59 Å². The van der Waals surface area contributed by atoms with Gasteiger partial charge in [-0.15, -0.1) is 0 Å². The number of hydrogen-bond donors (Lipinski definition) is 3. The standard InChI is InChI=1S/C15H18N4O2/c20-13(17-10-7-8-10)6-3-9-16-15(21)14-11-4-1-2-5-12(11)18-19-14/h1-2,4-5,10H,3,6-9H2,(H,16,21)(H,17,20)(H,18,19). The van der Waals surface area contributed by atoms with E-state index in [0.717, 1.165) is 23.7 Å². The number of aromatic nitrogens is 2. The Hall–Kier alpha value is -2.37. The van der Waals surface area contributed by atoms with Crippen molar-refractivity contribution in [1.29, 1.82) is 0 Å². The number of benzene rings is 1. The Bertz CT molecular complexity index is 660. The summed E-state index contributed by atoms with van der Waals surface area (Å²) in [7, 11) is 0. The van der Waals surface area contributed by atoms with E-state index >= 15 is 0 Å². The van der Waals surface area contributed by atoms with Crippen LogP contribution in [0, 0.1) is 0 Å². The number of amides is 2. The van der Waals surface area contributed by atoms with E-state index in [2.05, 4.69) is 20.8 Å².